The summed E-state index contributed by atoms with van der Waals surface area (Å²) in [6.45, 7) is 3.80. The first kappa shape index (κ1) is 13.3. The number of hydrogen-bond acceptors (Lipinski definition) is 2. The van der Waals surface area contributed by atoms with Gasteiger partial charge in [-0.1, -0.05) is 17.7 Å². The standard InChI is InChI=1S/C12H14ClN3O/c1-12(2,7-14)8-15-11(17)16-10-5-3-4-9(13)6-10/h3-6H,8H2,1-2H3,(H2,15,16,17). The summed E-state index contributed by atoms with van der Waals surface area (Å²) >= 11 is 5.79. The summed E-state index contributed by atoms with van der Waals surface area (Å²) in [7, 11) is 0. The van der Waals surface area contributed by atoms with Gasteiger partial charge in [0, 0.05) is 17.3 Å². The first-order valence-corrected chi connectivity index (χ1v) is 5.52. The van der Waals surface area contributed by atoms with E-state index in [0.717, 1.165) is 0 Å². The van der Waals surface area contributed by atoms with Gasteiger partial charge in [-0.3, -0.25) is 0 Å². The normalized spacial score (nSPS) is 10.5. The van der Waals surface area contributed by atoms with E-state index in [1.165, 1.54) is 0 Å². The van der Waals surface area contributed by atoms with Crippen molar-refractivity contribution < 1.29 is 4.79 Å². The van der Waals surface area contributed by atoms with Gasteiger partial charge >= 0.3 is 6.03 Å². The Labute approximate surface area is 106 Å². The zero-order chi connectivity index (χ0) is 12.9. The molecule has 4 nitrogen and oxygen atoms in total. The van der Waals surface area contributed by atoms with Crippen molar-refractivity contribution in [1.82, 2.24) is 5.32 Å². The van der Waals surface area contributed by atoms with E-state index in [9.17, 15) is 4.79 Å². The second-order valence-corrected chi connectivity index (χ2v) is 4.75. The van der Waals surface area contributed by atoms with E-state index in [0.29, 0.717) is 10.7 Å². The minimum Gasteiger partial charge on any atom is -0.336 e. The molecule has 1 aromatic carbocycles. The summed E-state index contributed by atoms with van der Waals surface area (Å²) in [5.41, 5.74) is 0.0378. The van der Waals surface area contributed by atoms with Crippen LogP contribution in [0.3, 0.4) is 0 Å². The lowest BCUT2D eigenvalue weighted by Gasteiger charge is -2.16. The maximum atomic E-state index is 11.5. The number of nitriles is 1. The summed E-state index contributed by atoms with van der Waals surface area (Å²) in [5.74, 6) is 0. The molecular formula is C12H14ClN3O. The largest absolute Gasteiger partial charge is 0.336 e. The molecule has 1 rings (SSSR count). The summed E-state index contributed by atoms with van der Waals surface area (Å²) in [6.07, 6.45) is 0. The summed E-state index contributed by atoms with van der Waals surface area (Å²) < 4.78 is 0. The molecule has 0 unspecified atom stereocenters. The minimum absolute atomic E-state index is 0.288. The van der Waals surface area contributed by atoms with Crippen molar-refractivity contribution in [2.24, 2.45) is 5.41 Å². The fraction of sp³-hybridized carbons (Fsp3) is 0.333. The Hall–Kier alpha value is -1.73. The number of halogens is 1. The molecule has 17 heavy (non-hydrogen) atoms. The van der Waals surface area contributed by atoms with Crippen molar-refractivity contribution in [3.8, 4) is 6.07 Å². The van der Waals surface area contributed by atoms with E-state index < -0.39 is 5.41 Å². The molecule has 1 aromatic rings. The number of anilines is 1. The molecule has 90 valence electrons. The van der Waals surface area contributed by atoms with Crippen LogP contribution in [-0.2, 0) is 0 Å². The van der Waals surface area contributed by atoms with Gasteiger partial charge < -0.3 is 10.6 Å². The molecule has 2 N–H and O–H groups in total. The second kappa shape index (κ2) is 5.55. The van der Waals surface area contributed by atoms with Crippen molar-refractivity contribution in [3.63, 3.8) is 0 Å². The number of hydrogen-bond donors (Lipinski definition) is 2. The molecule has 0 aliphatic rings. The Morgan fingerprint density at radius 2 is 2.24 bits per heavy atom. The van der Waals surface area contributed by atoms with Gasteiger partial charge in [0.15, 0.2) is 0 Å². The van der Waals surface area contributed by atoms with Gasteiger partial charge in [-0.25, -0.2) is 4.79 Å². The van der Waals surface area contributed by atoms with Gasteiger partial charge in [0.25, 0.3) is 0 Å². The van der Waals surface area contributed by atoms with Gasteiger partial charge in [-0.2, -0.15) is 5.26 Å². The topological polar surface area (TPSA) is 64.9 Å². The van der Waals surface area contributed by atoms with Gasteiger partial charge in [0.1, 0.15) is 0 Å². The average molecular weight is 252 g/mol. The third kappa shape index (κ3) is 4.75. The van der Waals surface area contributed by atoms with Crippen LogP contribution in [0.4, 0.5) is 10.5 Å². The lowest BCUT2D eigenvalue weighted by atomic mass is 9.96. The highest BCUT2D eigenvalue weighted by molar-refractivity contribution is 6.30. The molecule has 5 heteroatoms. The number of nitrogens with zero attached hydrogens (tertiary/aromatic N) is 1. The van der Waals surface area contributed by atoms with Crippen LogP contribution in [0.5, 0.6) is 0 Å². The molecule has 0 saturated carbocycles. The van der Waals surface area contributed by atoms with Gasteiger partial charge in [0.05, 0.1) is 11.5 Å². The van der Waals surface area contributed by atoms with E-state index in [-0.39, 0.29) is 12.6 Å². The van der Waals surface area contributed by atoms with E-state index in [1.807, 2.05) is 0 Å². The highest BCUT2D eigenvalue weighted by atomic mass is 35.5. The highest BCUT2D eigenvalue weighted by Gasteiger charge is 2.17. The number of urea groups is 1. The number of rotatable bonds is 3. The van der Waals surface area contributed by atoms with E-state index in [1.54, 1.807) is 38.1 Å². The fourth-order valence-electron chi connectivity index (χ4n) is 1.08. The SMILES string of the molecule is CC(C)(C#N)CNC(=O)Nc1cccc(Cl)c1. The predicted octanol–water partition coefficient (Wildman–Crippen LogP) is 3.01. The van der Waals surface area contributed by atoms with E-state index in [4.69, 9.17) is 16.9 Å². The lowest BCUT2D eigenvalue weighted by molar-refractivity contribution is 0.249. The molecule has 0 bridgehead atoms. The van der Waals surface area contributed by atoms with Crippen LogP contribution in [0.25, 0.3) is 0 Å². The summed E-state index contributed by atoms with van der Waals surface area (Å²) in [4.78, 5) is 11.5. The van der Waals surface area contributed by atoms with Crippen molar-refractivity contribution >= 4 is 23.3 Å². The smallest absolute Gasteiger partial charge is 0.319 e. The molecule has 0 fully saturated rings. The molecule has 0 aliphatic carbocycles. The molecular weight excluding hydrogens is 238 g/mol. The van der Waals surface area contributed by atoms with Crippen molar-refractivity contribution in [2.75, 3.05) is 11.9 Å². The second-order valence-electron chi connectivity index (χ2n) is 4.31. The molecule has 0 saturated heterocycles. The molecule has 0 heterocycles. The van der Waals surface area contributed by atoms with Crippen LogP contribution in [0.2, 0.25) is 5.02 Å². The van der Waals surface area contributed by atoms with Crippen LogP contribution < -0.4 is 10.6 Å². The Bertz CT molecular complexity index is 451. The maximum absolute atomic E-state index is 11.5. The van der Waals surface area contributed by atoms with Crippen molar-refractivity contribution in [3.05, 3.63) is 29.3 Å². The highest BCUT2D eigenvalue weighted by Crippen LogP contribution is 2.15. The zero-order valence-corrected chi connectivity index (χ0v) is 10.5. The fourth-order valence-corrected chi connectivity index (χ4v) is 1.27. The molecule has 0 radical (unpaired) electrons. The van der Waals surface area contributed by atoms with Crippen LogP contribution in [0.15, 0.2) is 24.3 Å². The molecule has 2 amide bonds. The van der Waals surface area contributed by atoms with Gasteiger partial charge in [0.2, 0.25) is 0 Å². The molecule has 0 aromatic heterocycles. The number of amides is 2. The number of carbonyl (C=O) groups is 1. The number of carbonyl (C=O) groups excluding carboxylic acids is 1. The quantitative estimate of drug-likeness (QED) is 0.867. The van der Waals surface area contributed by atoms with E-state index in [2.05, 4.69) is 16.7 Å². The molecule has 0 atom stereocenters. The van der Waals surface area contributed by atoms with Crippen molar-refractivity contribution in [1.29, 1.82) is 5.26 Å². The average Bonchev–Trinajstić information content (AvgIpc) is 2.27. The third-order valence-electron chi connectivity index (χ3n) is 2.08. The van der Waals surface area contributed by atoms with Crippen LogP contribution >= 0.6 is 11.6 Å². The summed E-state index contributed by atoms with van der Waals surface area (Å²) in [5, 5.41) is 14.6. The molecule has 0 aliphatic heterocycles. The van der Waals surface area contributed by atoms with Crippen LogP contribution in [0, 0.1) is 16.7 Å². The van der Waals surface area contributed by atoms with Crippen LogP contribution in [0.1, 0.15) is 13.8 Å². The minimum atomic E-state index is -0.578. The monoisotopic (exact) mass is 251 g/mol. The lowest BCUT2D eigenvalue weighted by Crippen LogP contribution is -2.36. The molecule has 0 spiro atoms. The van der Waals surface area contributed by atoms with Gasteiger partial charge in [-0.15, -0.1) is 0 Å². The first-order chi connectivity index (χ1) is 7.93. The number of benzene rings is 1. The zero-order valence-electron chi connectivity index (χ0n) is 9.75. The van der Waals surface area contributed by atoms with E-state index >= 15 is 0 Å². The maximum Gasteiger partial charge on any atom is 0.319 e. The summed E-state index contributed by atoms with van der Waals surface area (Å²) in [6, 6.07) is 8.61. The first-order valence-electron chi connectivity index (χ1n) is 5.15. The Balaban J connectivity index is 2.49. The Morgan fingerprint density at radius 3 is 2.82 bits per heavy atom. The predicted molar refractivity (Wildman–Crippen MR) is 67.9 cm³/mol. The van der Waals surface area contributed by atoms with Gasteiger partial charge in [-0.05, 0) is 32.0 Å². The number of nitrogens with one attached hydrogen (secondary N) is 2. The third-order valence-corrected chi connectivity index (χ3v) is 2.31. The van der Waals surface area contributed by atoms with Crippen LogP contribution in [-0.4, -0.2) is 12.6 Å². The Kier molecular flexibility index (Phi) is 4.36. The van der Waals surface area contributed by atoms with Crippen molar-refractivity contribution in [2.45, 2.75) is 13.8 Å². The Morgan fingerprint density at radius 1 is 1.53 bits per heavy atom.